The lowest BCUT2D eigenvalue weighted by molar-refractivity contribution is -0.141. The minimum absolute atomic E-state index is 0.0149. The zero-order valence-electron chi connectivity index (χ0n) is 11.5. The molecule has 2 rings (SSSR count). The first-order valence-electron chi connectivity index (χ1n) is 6.39. The summed E-state index contributed by atoms with van der Waals surface area (Å²) in [5, 5.41) is 3.54. The number of hydrogen-bond donors (Lipinski definition) is 0. The van der Waals surface area contributed by atoms with E-state index in [1.165, 1.54) is 18.2 Å². The molecule has 0 bridgehead atoms. The summed E-state index contributed by atoms with van der Waals surface area (Å²) < 4.78 is 57.9. The number of hydrogen-bond acceptors (Lipinski definition) is 2. The number of rotatable bonds is 4. The van der Waals surface area contributed by atoms with Crippen molar-refractivity contribution >= 4 is 0 Å². The topological polar surface area (TPSA) is 27.1 Å². The average Bonchev–Trinajstić information content (AvgIpc) is 2.80. The van der Waals surface area contributed by atoms with Crippen LogP contribution in [0, 0.1) is 12.7 Å². The average molecular weight is 302 g/mol. The SMILES string of the molecule is CCCOc1cc(C(F)(F)F)nn1-c1ccc(F)cc1C. The largest absolute Gasteiger partial charge is 0.478 e. The standard InChI is InChI=1S/C14H14F4N2O/c1-3-6-21-13-8-12(14(16,17)18)19-20(13)11-5-4-10(15)7-9(11)2/h4-5,7-8H,3,6H2,1-2H3. The smallest absolute Gasteiger partial charge is 0.435 e. The Balaban J connectivity index is 2.52. The van der Waals surface area contributed by atoms with Crippen LogP contribution in [0.4, 0.5) is 17.6 Å². The van der Waals surface area contributed by atoms with E-state index < -0.39 is 17.7 Å². The van der Waals surface area contributed by atoms with E-state index in [0.29, 0.717) is 17.7 Å². The Bertz CT molecular complexity index is 634. The van der Waals surface area contributed by atoms with E-state index in [1.54, 1.807) is 6.92 Å². The molecule has 114 valence electrons. The van der Waals surface area contributed by atoms with Gasteiger partial charge in [-0.15, -0.1) is 0 Å². The summed E-state index contributed by atoms with van der Waals surface area (Å²) in [5.74, 6) is -0.477. The number of alkyl halides is 3. The van der Waals surface area contributed by atoms with E-state index in [0.717, 1.165) is 10.7 Å². The van der Waals surface area contributed by atoms with Crippen molar-refractivity contribution in [2.75, 3.05) is 6.61 Å². The molecule has 0 fully saturated rings. The quantitative estimate of drug-likeness (QED) is 0.794. The summed E-state index contributed by atoms with van der Waals surface area (Å²) in [4.78, 5) is 0. The minimum Gasteiger partial charge on any atom is -0.478 e. The van der Waals surface area contributed by atoms with Gasteiger partial charge in [-0.1, -0.05) is 6.92 Å². The first kappa shape index (κ1) is 15.3. The monoisotopic (exact) mass is 302 g/mol. The molecule has 0 aliphatic carbocycles. The number of aryl methyl sites for hydroxylation is 1. The third-order valence-electron chi connectivity index (χ3n) is 2.81. The van der Waals surface area contributed by atoms with Gasteiger partial charge < -0.3 is 4.74 Å². The second-order valence-corrected chi connectivity index (χ2v) is 4.56. The lowest BCUT2D eigenvalue weighted by atomic mass is 10.2. The molecule has 0 saturated heterocycles. The summed E-state index contributed by atoms with van der Waals surface area (Å²) in [6, 6.07) is 4.61. The van der Waals surface area contributed by atoms with Crippen molar-refractivity contribution in [1.29, 1.82) is 0 Å². The maximum Gasteiger partial charge on any atom is 0.435 e. The van der Waals surface area contributed by atoms with Gasteiger partial charge in [0, 0.05) is 6.07 Å². The molecule has 3 nitrogen and oxygen atoms in total. The fraction of sp³-hybridized carbons (Fsp3) is 0.357. The molecule has 2 aromatic rings. The highest BCUT2D eigenvalue weighted by Gasteiger charge is 2.35. The summed E-state index contributed by atoms with van der Waals surface area (Å²) in [6.07, 6.45) is -3.92. The van der Waals surface area contributed by atoms with Crippen LogP contribution < -0.4 is 4.74 Å². The number of nitrogens with zero attached hydrogens (tertiary/aromatic N) is 2. The Morgan fingerprint density at radius 3 is 2.52 bits per heavy atom. The molecule has 7 heteroatoms. The van der Waals surface area contributed by atoms with Crippen molar-refractivity contribution < 1.29 is 22.3 Å². The molecule has 1 aromatic carbocycles. The van der Waals surface area contributed by atoms with Gasteiger partial charge >= 0.3 is 6.18 Å². The first-order valence-corrected chi connectivity index (χ1v) is 6.39. The van der Waals surface area contributed by atoms with Crippen LogP contribution in [0.3, 0.4) is 0 Å². The molecule has 0 saturated carbocycles. The summed E-state index contributed by atoms with van der Waals surface area (Å²) in [5.41, 5.74) is -0.233. The molecule has 0 atom stereocenters. The van der Waals surface area contributed by atoms with Gasteiger partial charge in [-0.25, -0.2) is 9.07 Å². The lowest BCUT2D eigenvalue weighted by Gasteiger charge is -2.10. The van der Waals surface area contributed by atoms with E-state index in [-0.39, 0.29) is 12.5 Å². The highest BCUT2D eigenvalue weighted by Crippen LogP contribution is 2.32. The van der Waals surface area contributed by atoms with E-state index in [2.05, 4.69) is 5.10 Å². The minimum atomic E-state index is -4.57. The first-order chi connectivity index (χ1) is 9.82. The predicted molar refractivity (Wildman–Crippen MR) is 69.0 cm³/mol. The number of ether oxygens (including phenoxy) is 1. The Morgan fingerprint density at radius 1 is 1.24 bits per heavy atom. The van der Waals surface area contributed by atoms with Crippen LogP contribution in [-0.4, -0.2) is 16.4 Å². The normalized spacial score (nSPS) is 11.7. The predicted octanol–water partition coefficient (Wildman–Crippen LogP) is 4.13. The van der Waals surface area contributed by atoms with Crippen molar-refractivity contribution in [1.82, 2.24) is 9.78 Å². The molecule has 0 amide bonds. The Labute approximate surface area is 119 Å². The Hall–Kier alpha value is -2.05. The third-order valence-corrected chi connectivity index (χ3v) is 2.81. The van der Waals surface area contributed by atoms with Gasteiger partial charge in [-0.05, 0) is 37.1 Å². The molecule has 0 N–H and O–H groups in total. The van der Waals surface area contributed by atoms with Gasteiger partial charge in [0.2, 0.25) is 5.88 Å². The molecular weight excluding hydrogens is 288 g/mol. The Morgan fingerprint density at radius 2 is 1.95 bits per heavy atom. The molecule has 1 aromatic heterocycles. The van der Waals surface area contributed by atoms with Gasteiger partial charge in [-0.2, -0.15) is 18.3 Å². The maximum atomic E-state index is 13.1. The second-order valence-electron chi connectivity index (χ2n) is 4.56. The van der Waals surface area contributed by atoms with Crippen LogP contribution in [-0.2, 0) is 6.18 Å². The highest BCUT2D eigenvalue weighted by molar-refractivity contribution is 5.43. The van der Waals surface area contributed by atoms with E-state index in [1.807, 2.05) is 6.92 Å². The van der Waals surface area contributed by atoms with Crippen molar-refractivity contribution in [3.63, 3.8) is 0 Å². The Kier molecular flexibility index (Phi) is 4.20. The fourth-order valence-electron chi connectivity index (χ4n) is 1.84. The van der Waals surface area contributed by atoms with Crippen molar-refractivity contribution in [2.45, 2.75) is 26.4 Å². The van der Waals surface area contributed by atoms with Crippen LogP contribution in [0.15, 0.2) is 24.3 Å². The van der Waals surface area contributed by atoms with Gasteiger partial charge in [-0.3, -0.25) is 0 Å². The van der Waals surface area contributed by atoms with Crippen LogP contribution in [0.1, 0.15) is 24.6 Å². The van der Waals surface area contributed by atoms with Crippen LogP contribution in [0.2, 0.25) is 0 Å². The number of halogens is 4. The third kappa shape index (κ3) is 3.34. The molecule has 0 unspecified atom stereocenters. The number of benzene rings is 1. The molecule has 0 aliphatic heterocycles. The van der Waals surface area contributed by atoms with Gasteiger partial charge in [0.1, 0.15) is 5.82 Å². The van der Waals surface area contributed by atoms with E-state index >= 15 is 0 Å². The van der Waals surface area contributed by atoms with Crippen LogP contribution in [0.5, 0.6) is 5.88 Å². The zero-order valence-corrected chi connectivity index (χ0v) is 11.5. The summed E-state index contributed by atoms with van der Waals surface area (Å²) in [6.45, 7) is 3.70. The molecule has 21 heavy (non-hydrogen) atoms. The van der Waals surface area contributed by atoms with Crippen LogP contribution >= 0.6 is 0 Å². The lowest BCUT2D eigenvalue weighted by Crippen LogP contribution is -2.08. The molecular formula is C14H14F4N2O. The molecule has 1 heterocycles. The van der Waals surface area contributed by atoms with Crippen molar-refractivity contribution in [3.8, 4) is 11.6 Å². The van der Waals surface area contributed by atoms with Crippen molar-refractivity contribution in [2.24, 2.45) is 0 Å². The van der Waals surface area contributed by atoms with Gasteiger partial charge in [0.05, 0.1) is 12.3 Å². The van der Waals surface area contributed by atoms with Gasteiger partial charge in [0.25, 0.3) is 0 Å². The maximum absolute atomic E-state index is 13.1. The van der Waals surface area contributed by atoms with Crippen LogP contribution in [0.25, 0.3) is 5.69 Å². The van der Waals surface area contributed by atoms with Crippen molar-refractivity contribution in [3.05, 3.63) is 41.3 Å². The van der Waals surface area contributed by atoms with Gasteiger partial charge in [0.15, 0.2) is 5.69 Å². The molecule has 0 spiro atoms. The molecule has 0 radical (unpaired) electrons. The molecule has 0 aliphatic rings. The second kappa shape index (κ2) is 5.75. The summed E-state index contributed by atoms with van der Waals surface area (Å²) >= 11 is 0. The zero-order chi connectivity index (χ0) is 15.6. The summed E-state index contributed by atoms with van der Waals surface area (Å²) in [7, 11) is 0. The van der Waals surface area contributed by atoms with E-state index in [9.17, 15) is 17.6 Å². The fourth-order valence-corrected chi connectivity index (χ4v) is 1.84. The van der Waals surface area contributed by atoms with E-state index in [4.69, 9.17) is 4.74 Å². The number of aromatic nitrogens is 2. The highest BCUT2D eigenvalue weighted by atomic mass is 19.4.